The molecule has 1 aromatic heterocycles. The molecule has 0 aliphatic carbocycles. The molecule has 0 radical (unpaired) electrons. The molecular formula is C35H38ClN5O5. The Balaban J connectivity index is 1.33. The second-order valence-electron chi connectivity index (χ2n) is 11.1. The van der Waals surface area contributed by atoms with Crippen molar-refractivity contribution in [3.63, 3.8) is 0 Å². The van der Waals surface area contributed by atoms with Gasteiger partial charge in [0.2, 0.25) is 0 Å². The van der Waals surface area contributed by atoms with E-state index in [1.54, 1.807) is 49.7 Å². The minimum atomic E-state index is -0.297. The molecule has 5 rings (SSSR count). The summed E-state index contributed by atoms with van der Waals surface area (Å²) in [4.78, 5) is 29.1. The van der Waals surface area contributed by atoms with Gasteiger partial charge in [-0.2, -0.15) is 5.10 Å². The molecule has 1 aliphatic heterocycles. The van der Waals surface area contributed by atoms with Crippen LogP contribution in [0.15, 0.2) is 71.8 Å². The van der Waals surface area contributed by atoms with Gasteiger partial charge in [-0.3, -0.25) is 9.59 Å². The van der Waals surface area contributed by atoms with E-state index in [4.69, 9.17) is 21.1 Å². The number of hydrogen-bond acceptors (Lipinski definition) is 7. The number of rotatable bonds is 11. The number of aromatic nitrogens is 1. The van der Waals surface area contributed by atoms with Crippen LogP contribution in [-0.2, 0) is 24.8 Å². The van der Waals surface area contributed by atoms with Crippen LogP contribution in [0.3, 0.4) is 0 Å². The molecule has 0 saturated heterocycles. The molecule has 3 N–H and O–H groups in total. The quantitative estimate of drug-likeness (QED) is 0.0823. The fraction of sp³-hybridized carbons (Fsp3) is 0.286. The van der Waals surface area contributed by atoms with E-state index in [0.29, 0.717) is 65.8 Å². The van der Waals surface area contributed by atoms with Crippen molar-refractivity contribution in [3.8, 4) is 22.8 Å². The van der Waals surface area contributed by atoms with Gasteiger partial charge in [-0.25, -0.2) is 0 Å². The number of anilines is 1. The van der Waals surface area contributed by atoms with E-state index in [1.807, 2.05) is 48.6 Å². The van der Waals surface area contributed by atoms with E-state index < -0.39 is 0 Å². The Kier molecular flexibility index (Phi) is 10.3. The van der Waals surface area contributed by atoms with E-state index in [2.05, 4.69) is 15.8 Å². The predicted molar refractivity (Wildman–Crippen MR) is 180 cm³/mol. The number of aromatic hydroxyl groups is 1. The number of fused-ring (bicyclic) bond motifs is 1. The number of benzene rings is 3. The van der Waals surface area contributed by atoms with Gasteiger partial charge in [-0.1, -0.05) is 23.7 Å². The summed E-state index contributed by atoms with van der Waals surface area (Å²) < 4.78 is 13.7. The lowest BCUT2D eigenvalue weighted by Crippen LogP contribution is -2.36. The van der Waals surface area contributed by atoms with E-state index in [-0.39, 0.29) is 23.7 Å². The van der Waals surface area contributed by atoms with Crippen molar-refractivity contribution in [1.29, 1.82) is 0 Å². The zero-order valence-corrected chi connectivity index (χ0v) is 27.1. The van der Waals surface area contributed by atoms with Gasteiger partial charge in [0.05, 0.1) is 24.5 Å². The van der Waals surface area contributed by atoms with Crippen molar-refractivity contribution in [2.45, 2.75) is 32.9 Å². The lowest BCUT2D eigenvalue weighted by atomic mass is 9.96. The summed E-state index contributed by atoms with van der Waals surface area (Å²) in [5.74, 6) is 0.495. The molecule has 4 aromatic rings. The number of nitrogens with one attached hydrogen (secondary N) is 2. The fourth-order valence-electron chi connectivity index (χ4n) is 5.51. The third kappa shape index (κ3) is 7.35. The minimum Gasteiger partial charge on any atom is -0.508 e. The summed E-state index contributed by atoms with van der Waals surface area (Å²) in [6, 6.07) is 19.2. The zero-order valence-electron chi connectivity index (χ0n) is 26.3. The summed E-state index contributed by atoms with van der Waals surface area (Å²) in [7, 11) is 3.59. The highest BCUT2D eigenvalue weighted by molar-refractivity contribution is 6.31. The molecule has 10 nitrogen and oxygen atoms in total. The van der Waals surface area contributed by atoms with Crippen LogP contribution in [0.1, 0.15) is 44.5 Å². The number of halogens is 1. The van der Waals surface area contributed by atoms with E-state index in [0.717, 1.165) is 22.6 Å². The molecule has 2 amide bonds. The third-order valence-corrected chi connectivity index (χ3v) is 8.27. The highest BCUT2D eigenvalue weighted by Gasteiger charge is 2.27. The standard InChI is InChI=1S/C35H38ClN5O5/c1-22(20-38-37-3)45-16-17-46-33-7-5-6-24-21-41(15-14-28(24)33)35(44)29-13-8-25(36)18-31(29)32-19-30(23(2)40(32)4)34(43)39-26-9-11-27(42)12-10-26/h5-13,18-20,22,37,42H,14-17,21H2,1-4H3,(H,39,43)/b38-20-. The van der Waals surface area contributed by atoms with Gasteiger partial charge in [0.1, 0.15) is 18.1 Å². The summed E-state index contributed by atoms with van der Waals surface area (Å²) in [5, 5.41) is 16.9. The predicted octanol–water partition coefficient (Wildman–Crippen LogP) is 5.80. The van der Waals surface area contributed by atoms with E-state index in [9.17, 15) is 14.7 Å². The number of carbonyl (C=O) groups excluding carboxylic acids is 2. The maximum atomic E-state index is 14.1. The first-order chi connectivity index (χ1) is 22.2. The van der Waals surface area contributed by atoms with Gasteiger partial charge in [-0.05, 0) is 80.4 Å². The number of phenolic OH excluding ortho intramolecular Hbond substituents is 1. The Morgan fingerprint density at radius 3 is 2.63 bits per heavy atom. The third-order valence-electron chi connectivity index (χ3n) is 8.04. The molecule has 1 aliphatic rings. The molecule has 1 atom stereocenters. The summed E-state index contributed by atoms with van der Waals surface area (Å²) in [5.41, 5.74) is 8.43. The van der Waals surface area contributed by atoms with Crippen LogP contribution in [0.4, 0.5) is 5.69 Å². The van der Waals surface area contributed by atoms with E-state index in [1.165, 1.54) is 12.1 Å². The van der Waals surface area contributed by atoms with Crippen LogP contribution < -0.4 is 15.5 Å². The Morgan fingerprint density at radius 1 is 1.09 bits per heavy atom. The van der Waals surface area contributed by atoms with Gasteiger partial charge in [0.25, 0.3) is 11.8 Å². The molecule has 0 saturated carbocycles. The molecule has 1 unspecified atom stereocenters. The van der Waals surface area contributed by atoms with Crippen molar-refractivity contribution >= 4 is 35.3 Å². The Hall–Kier alpha value is -4.80. The smallest absolute Gasteiger partial charge is 0.257 e. The SMILES string of the molecule is CN/N=C\C(C)OCCOc1cccc2c1CCN(C(=O)c1ccc(Cl)cc1-c1cc(C(=O)Nc3ccc(O)cc3)c(C)n1C)C2. The number of amides is 2. The Labute approximate surface area is 273 Å². The van der Waals surface area contributed by atoms with Crippen molar-refractivity contribution in [3.05, 3.63) is 99.7 Å². The van der Waals surface area contributed by atoms with Crippen LogP contribution in [0, 0.1) is 6.92 Å². The van der Waals surface area contributed by atoms with E-state index >= 15 is 0 Å². The number of hydrazone groups is 1. The highest BCUT2D eigenvalue weighted by atomic mass is 35.5. The lowest BCUT2D eigenvalue weighted by molar-refractivity contribution is 0.0730. The summed E-state index contributed by atoms with van der Waals surface area (Å²) >= 11 is 6.45. The second-order valence-corrected chi connectivity index (χ2v) is 11.5. The van der Waals surface area contributed by atoms with Crippen molar-refractivity contribution < 1.29 is 24.2 Å². The van der Waals surface area contributed by atoms with Gasteiger partial charge >= 0.3 is 0 Å². The topological polar surface area (TPSA) is 117 Å². The van der Waals surface area contributed by atoms with Gasteiger partial charge in [-0.15, -0.1) is 0 Å². The van der Waals surface area contributed by atoms with Crippen LogP contribution in [0.5, 0.6) is 11.5 Å². The molecule has 0 spiro atoms. The molecule has 240 valence electrons. The van der Waals surface area contributed by atoms with Crippen LogP contribution in [-0.4, -0.2) is 65.5 Å². The molecular weight excluding hydrogens is 606 g/mol. The average Bonchev–Trinajstić information content (AvgIpc) is 3.36. The monoisotopic (exact) mass is 643 g/mol. The fourth-order valence-corrected chi connectivity index (χ4v) is 5.68. The zero-order chi connectivity index (χ0) is 32.8. The van der Waals surface area contributed by atoms with Gasteiger partial charge < -0.3 is 34.8 Å². The number of hydrogen-bond donors (Lipinski definition) is 3. The van der Waals surface area contributed by atoms with Crippen LogP contribution in [0.2, 0.25) is 5.02 Å². The molecule has 2 heterocycles. The lowest BCUT2D eigenvalue weighted by Gasteiger charge is -2.30. The normalized spacial score (nSPS) is 13.4. The maximum absolute atomic E-state index is 14.1. The Bertz CT molecular complexity index is 1750. The second kappa shape index (κ2) is 14.5. The number of nitrogens with zero attached hydrogens (tertiary/aromatic N) is 3. The Morgan fingerprint density at radius 2 is 1.87 bits per heavy atom. The average molecular weight is 644 g/mol. The minimum absolute atomic E-state index is 0.114. The maximum Gasteiger partial charge on any atom is 0.257 e. The first-order valence-corrected chi connectivity index (χ1v) is 15.4. The number of carbonyl (C=O) groups is 2. The molecule has 46 heavy (non-hydrogen) atoms. The van der Waals surface area contributed by atoms with Gasteiger partial charge in [0, 0.05) is 66.0 Å². The molecule has 0 fully saturated rings. The number of phenols is 1. The summed E-state index contributed by atoms with van der Waals surface area (Å²) in [6.45, 7) is 5.55. The molecule has 3 aromatic carbocycles. The van der Waals surface area contributed by atoms with Gasteiger partial charge in [0.15, 0.2) is 0 Å². The largest absolute Gasteiger partial charge is 0.508 e. The van der Waals surface area contributed by atoms with Crippen molar-refractivity contribution in [1.82, 2.24) is 14.9 Å². The first kappa shape index (κ1) is 32.6. The molecule has 11 heteroatoms. The van der Waals surface area contributed by atoms with Crippen LogP contribution in [0.25, 0.3) is 11.3 Å². The van der Waals surface area contributed by atoms with Crippen LogP contribution >= 0.6 is 11.6 Å². The van der Waals surface area contributed by atoms with Crippen molar-refractivity contribution in [2.24, 2.45) is 12.1 Å². The number of ether oxygens (including phenoxy) is 2. The first-order valence-electron chi connectivity index (χ1n) is 15.1. The molecule has 0 bridgehead atoms. The van der Waals surface area contributed by atoms with Crippen molar-refractivity contribution in [2.75, 3.05) is 32.1 Å². The highest BCUT2D eigenvalue weighted by Crippen LogP contribution is 2.34. The summed E-state index contributed by atoms with van der Waals surface area (Å²) in [6.07, 6.45) is 2.21.